The number of nitrogens with zero attached hydrogens (tertiary/aromatic N) is 3. The molecule has 0 unspecified atom stereocenters. The number of halogens is 1. The van der Waals surface area contributed by atoms with Gasteiger partial charge in [0.05, 0.1) is 5.02 Å². The van der Waals surface area contributed by atoms with Crippen LogP contribution in [0.1, 0.15) is 53.1 Å². The lowest BCUT2D eigenvalue weighted by atomic mass is 9.86. The van der Waals surface area contributed by atoms with Crippen LogP contribution in [-0.2, 0) is 0 Å². The summed E-state index contributed by atoms with van der Waals surface area (Å²) < 4.78 is 6.35. The molecule has 6 nitrogen and oxygen atoms in total. The van der Waals surface area contributed by atoms with Crippen molar-refractivity contribution in [3.63, 3.8) is 0 Å². The molecule has 3 aromatic carbocycles. The molecule has 0 aliphatic carbocycles. The van der Waals surface area contributed by atoms with Crippen LogP contribution in [0.5, 0.6) is 5.75 Å². The lowest BCUT2D eigenvalue weighted by molar-refractivity contribution is 0.0611. The summed E-state index contributed by atoms with van der Waals surface area (Å²) in [6, 6.07) is 27.0. The number of likely N-dealkylation sites (tertiary alicyclic amines) is 2. The number of nitrogens with one attached hydrogen (secondary N) is 1. The SMILES string of the molecule is CN1CCC(CNC(=O)c2ccc(OC3CCN(CC(c4ccccc4)c4ccccc4)CC3)c(Cl)c2)(N(C)C)CC1. The Balaban J connectivity index is 1.14. The Morgan fingerprint density at radius 3 is 2.10 bits per heavy atom. The first-order valence-electron chi connectivity index (χ1n) is 15.3. The van der Waals surface area contributed by atoms with Crippen LogP contribution >= 0.6 is 11.6 Å². The van der Waals surface area contributed by atoms with Gasteiger partial charge in [-0.3, -0.25) is 4.79 Å². The third-order valence-corrected chi connectivity index (χ3v) is 9.61. The fourth-order valence-electron chi connectivity index (χ4n) is 6.32. The van der Waals surface area contributed by atoms with E-state index in [-0.39, 0.29) is 17.6 Å². The van der Waals surface area contributed by atoms with E-state index in [1.54, 1.807) is 6.07 Å². The number of carbonyl (C=O) groups excluding carboxylic acids is 1. The molecular formula is C35H45ClN4O2. The van der Waals surface area contributed by atoms with Crippen LogP contribution in [0.15, 0.2) is 78.9 Å². The molecule has 2 fully saturated rings. The van der Waals surface area contributed by atoms with Gasteiger partial charge in [0.1, 0.15) is 11.9 Å². The Bertz CT molecular complexity index is 1250. The van der Waals surface area contributed by atoms with Crippen molar-refractivity contribution < 1.29 is 9.53 Å². The van der Waals surface area contributed by atoms with Crippen molar-refractivity contribution in [2.45, 2.75) is 43.2 Å². The number of carbonyl (C=O) groups is 1. The molecule has 3 aromatic rings. The van der Waals surface area contributed by atoms with Crippen LogP contribution in [0.2, 0.25) is 5.02 Å². The van der Waals surface area contributed by atoms with E-state index in [1.807, 2.05) is 12.1 Å². The molecule has 1 N–H and O–H groups in total. The van der Waals surface area contributed by atoms with E-state index in [1.165, 1.54) is 11.1 Å². The normalized spacial score (nSPS) is 18.3. The fourth-order valence-corrected chi connectivity index (χ4v) is 6.55. The van der Waals surface area contributed by atoms with Crippen molar-refractivity contribution in [2.75, 3.05) is 60.4 Å². The van der Waals surface area contributed by atoms with Gasteiger partial charge in [-0.05, 0) is 89.2 Å². The van der Waals surface area contributed by atoms with Crippen molar-refractivity contribution in [3.05, 3.63) is 101 Å². The third-order valence-electron chi connectivity index (χ3n) is 9.31. The molecule has 2 saturated heterocycles. The molecule has 224 valence electrons. The van der Waals surface area contributed by atoms with E-state index < -0.39 is 0 Å². The Hall–Kier alpha value is -2.90. The Kier molecular flexibility index (Phi) is 10.2. The van der Waals surface area contributed by atoms with Crippen LogP contribution < -0.4 is 10.1 Å². The molecule has 0 bridgehead atoms. The predicted molar refractivity (Wildman–Crippen MR) is 172 cm³/mol. The molecule has 0 atom stereocenters. The smallest absolute Gasteiger partial charge is 0.251 e. The summed E-state index contributed by atoms with van der Waals surface area (Å²) >= 11 is 6.64. The van der Waals surface area contributed by atoms with Gasteiger partial charge in [-0.1, -0.05) is 72.3 Å². The number of benzene rings is 3. The average molecular weight is 589 g/mol. The van der Waals surface area contributed by atoms with Crippen molar-refractivity contribution in [1.29, 1.82) is 0 Å². The highest BCUT2D eigenvalue weighted by Crippen LogP contribution is 2.31. The number of amides is 1. The standard InChI is InChI=1S/C35H45ClN4O2/c1-38(2)35(18-22-39(3)23-19-35)26-37-34(41)29-14-15-33(32(36)24-29)42-30-16-20-40(21-17-30)25-31(27-10-6-4-7-11-27)28-12-8-5-9-13-28/h4-15,24,30-31H,16-23,25-26H2,1-3H3,(H,37,41). The number of ether oxygens (including phenoxy) is 1. The molecule has 0 radical (unpaired) electrons. The zero-order valence-electron chi connectivity index (χ0n) is 25.3. The minimum absolute atomic E-state index is 0.0217. The van der Waals surface area contributed by atoms with E-state index in [0.29, 0.717) is 28.8 Å². The van der Waals surface area contributed by atoms with Crippen molar-refractivity contribution >= 4 is 17.5 Å². The summed E-state index contributed by atoms with van der Waals surface area (Å²) in [6.07, 6.45) is 4.05. The van der Waals surface area contributed by atoms with Crippen LogP contribution in [0.3, 0.4) is 0 Å². The van der Waals surface area contributed by atoms with Gasteiger partial charge in [0.25, 0.3) is 5.91 Å². The number of rotatable bonds is 10. The summed E-state index contributed by atoms with van der Waals surface area (Å²) in [5, 5.41) is 3.66. The molecule has 0 saturated carbocycles. The van der Waals surface area contributed by atoms with Crippen LogP contribution in [0, 0.1) is 0 Å². The molecule has 2 aliphatic rings. The van der Waals surface area contributed by atoms with Gasteiger partial charge in [0, 0.05) is 43.2 Å². The molecule has 1 amide bonds. The Morgan fingerprint density at radius 1 is 0.952 bits per heavy atom. The lowest BCUT2D eigenvalue weighted by Crippen LogP contribution is -2.57. The van der Waals surface area contributed by atoms with Crippen LogP contribution in [-0.4, -0.2) is 92.7 Å². The zero-order valence-corrected chi connectivity index (χ0v) is 26.0. The maximum atomic E-state index is 13.1. The quantitative estimate of drug-likeness (QED) is 0.326. The first-order valence-corrected chi connectivity index (χ1v) is 15.6. The largest absolute Gasteiger partial charge is 0.489 e. The second kappa shape index (κ2) is 14.0. The average Bonchev–Trinajstić information content (AvgIpc) is 3.02. The monoisotopic (exact) mass is 588 g/mol. The van der Waals surface area contributed by atoms with Crippen LogP contribution in [0.25, 0.3) is 0 Å². The second-order valence-electron chi connectivity index (χ2n) is 12.2. The summed E-state index contributed by atoms with van der Waals surface area (Å²) in [4.78, 5) is 20.2. The molecular weight excluding hydrogens is 544 g/mol. The minimum atomic E-state index is -0.0942. The van der Waals surface area contributed by atoms with Gasteiger partial charge in [-0.15, -0.1) is 0 Å². The Labute approximate surface area is 256 Å². The number of piperidine rings is 2. The molecule has 7 heteroatoms. The third kappa shape index (κ3) is 7.54. The van der Waals surface area contributed by atoms with Crippen molar-refractivity contribution in [2.24, 2.45) is 0 Å². The number of hydrogen-bond donors (Lipinski definition) is 1. The van der Waals surface area contributed by atoms with Gasteiger partial charge in [-0.2, -0.15) is 0 Å². The first-order chi connectivity index (χ1) is 20.3. The zero-order chi connectivity index (χ0) is 29.5. The highest BCUT2D eigenvalue weighted by atomic mass is 35.5. The van der Waals surface area contributed by atoms with Gasteiger partial charge < -0.3 is 24.8 Å². The topological polar surface area (TPSA) is 48.1 Å². The van der Waals surface area contributed by atoms with E-state index >= 15 is 0 Å². The van der Waals surface area contributed by atoms with E-state index in [4.69, 9.17) is 16.3 Å². The van der Waals surface area contributed by atoms with Gasteiger partial charge in [-0.25, -0.2) is 0 Å². The summed E-state index contributed by atoms with van der Waals surface area (Å²) in [7, 11) is 6.37. The number of hydrogen-bond acceptors (Lipinski definition) is 5. The maximum Gasteiger partial charge on any atom is 0.251 e. The molecule has 5 rings (SSSR count). The minimum Gasteiger partial charge on any atom is -0.489 e. The molecule has 0 spiro atoms. The van der Waals surface area contributed by atoms with Gasteiger partial charge in [0.2, 0.25) is 0 Å². The maximum absolute atomic E-state index is 13.1. The van der Waals surface area contributed by atoms with Crippen molar-refractivity contribution in [1.82, 2.24) is 20.0 Å². The predicted octanol–water partition coefficient (Wildman–Crippen LogP) is 5.77. The lowest BCUT2D eigenvalue weighted by Gasteiger charge is -2.45. The summed E-state index contributed by atoms with van der Waals surface area (Å²) in [5.74, 6) is 0.895. The molecule has 2 aliphatic heterocycles. The van der Waals surface area contributed by atoms with Gasteiger partial charge in [0.15, 0.2) is 0 Å². The molecule has 0 aromatic heterocycles. The highest BCUT2D eigenvalue weighted by Gasteiger charge is 2.36. The summed E-state index contributed by atoms with van der Waals surface area (Å²) in [5.41, 5.74) is 3.24. The van der Waals surface area contributed by atoms with Crippen molar-refractivity contribution in [3.8, 4) is 5.75 Å². The van der Waals surface area contributed by atoms with Crippen LogP contribution in [0.4, 0.5) is 0 Å². The fraction of sp³-hybridized carbons (Fsp3) is 0.457. The van der Waals surface area contributed by atoms with Gasteiger partial charge >= 0.3 is 0 Å². The molecule has 2 heterocycles. The second-order valence-corrected chi connectivity index (χ2v) is 12.6. The highest BCUT2D eigenvalue weighted by molar-refractivity contribution is 6.32. The summed E-state index contributed by atoms with van der Waals surface area (Å²) in [6.45, 7) is 5.62. The van der Waals surface area contributed by atoms with E-state index in [9.17, 15) is 4.79 Å². The van der Waals surface area contributed by atoms with E-state index in [0.717, 1.165) is 58.4 Å². The molecule has 42 heavy (non-hydrogen) atoms. The first kappa shape index (κ1) is 30.6. The van der Waals surface area contributed by atoms with E-state index in [2.05, 4.69) is 102 Å². The number of likely N-dealkylation sites (N-methyl/N-ethyl adjacent to an activating group) is 1. The Morgan fingerprint density at radius 2 is 1.55 bits per heavy atom.